The van der Waals surface area contributed by atoms with E-state index in [1.807, 2.05) is 13.2 Å². The molecule has 0 aromatic carbocycles. The van der Waals surface area contributed by atoms with Crippen LogP contribution in [0.3, 0.4) is 0 Å². The van der Waals surface area contributed by atoms with E-state index in [9.17, 15) is 14.4 Å². The summed E-state index contributed by atoms with van der Waals surface area (Å²) in [5.41, 5.74) is 1.53. The van der Waals surface area contributed by atoms with E-state index in [4.69, 9.17) is 0 Å². The fourth-order valence-electron chi connectivity index (χ4n) is 2.97. The number of fused-ring (bicyclic) bond motifs is 1. The van der Waals surface area contributed by atoms with Crippen molar-refractivity contribution in [2.75, 3.05) is 12.4 Å². The first-order valence-corrected chi connectivity index (χ1v) is 7.64. The highest BCUT2D eigenvalue weighted by molar-refractivity contribution is 5.97. The van der Waals surface area contributed by atoms with Crippen molar-refractivity contribution in [2.24, 2.45) is 7.05 Å². The second kappa shape index (κ2) is 6.31. The van der Waals surface area contributed by atoms with Crippen LogP contribution in [0.5, 0.6) is 0 Å². The zero-order valence-corrected chi connectivity index (χ0v) is 13.5. The lowest BCUT2D eigenvalue weighted by Crippen LogP contribution is -2.27. The number of rotatable bonds is 3. The van der Waals surface area contributed by atoms with Gasteiger partial charge in [0.1, 0.15) is 5.69 Å². The Labute approximate surface area is 137 Å². The van der Waals surface area contributed by atoms with Gasteiger partial charge in [0, 0.05) is 25.0 Å². The van der Waals surface area contributed by atoms with Crippen molar-refractivity contribution in [1.82, 2.24) is 14.8 Å². The summed E-state index contributed by atoms with van der Waals surface area (Å²) in [7, 11) is 3.06. The summed E-state index contributed by atoms with van der Waals surface area (Å²) in [4.78, 5) is 38.5. The summed E-state index contributed by atoms with van der Waals surface area (Å²) in [5.74, 6) is -1.23. The summed E-state index contributed by atoms with van der Waals surface area (Å²) < 4.78 is 6.31. The molecule has 2 aromatic heterocycles. The van der Waals surface area contributed by atoms with Gasteiger partial charge >= 0.3 is 5.97 Å². The van der Waals surface area contributed by atoms with Crippen LogP contribution >= 0.6 is 0 Å². The molecule has 1 atom stereocenters. The number of methoxy groups -OCH3 is 1. The largest absolute Gasteiger partial charge is 0.465 e. The second-order valence-corrected chi connectivity index (χ2v) is 5.76. The molecule has 8 heteroatoms. The Kier molecular flexibility index (Phi) is 4.20. The number of carbonyl (C=O) groups excluding carboxylic acids is 2. The summed E-state index contributed by atoms with van der Waals surface area (Å²) in [6, 6.07) is 1.32. The minimum atomic E-state index is -0.589. The molecule has 0 radical (unpaired) electrons. The van der Waals surface area contributed by atoms with Crippen LogP contribution in [0, 0.1) is 0 Å². The molecule has 0 unspecified atom stereocenters. The van der Waals surface area contributed by atoms with Crippen LogP contribution < -0.4 is 10.9 Å². The summed E-state index contributed by atoms with van der Waals surface area (Å²) in [6.45, 7) is 0. The Morgan fingerprint density at radius 3 is 3.00 bits per heavy atom. The Morgan fingerprint density at radius 1 is 1.46 bits per heavy atom. The van der Waals surface area contributed by atoms with Gasteiger partial charge in [-0.2, -0.15) is 5.10 Å². The van der Waals surface area contributed by atoms with Crippen molar-refractivity contribution < 1.29 is 14.3 Å². The molecule has 126 valence electrons. The van der Waals surface area contributed by atoms with Crippen LogP contribution in [-0.2, 0) is 23.0 Å². The van der Waals surface area contributed by atoms with Gasteiger partial charge in [0.15, 0.2) is 0 Å². The number of hydrogen-bond donors (Lipinski definition) is 2. The number of nitrogens with one attached hydrogen (secondary N) is 2. The highest BCUT2D eigenvalue weighted by Gasteiger charge is 2.29. The lowest BCUT2D eigenvalue weighted by molar-refractivity contribution is -0.117. The predicted octanol–water partition coefficient (Wildman–Crippen LogP) is 0.954. The molecular weight excluding hydrogens is 312 g/mol. The lowest BCUT2D eigenvalue weighted by atomic mass is 9.86. The summed E-state index contributed by atoms with van der Waals surface area (Å²) in [5, 5.41) is 6.99. The second-order valence-electron chi connectivity index (χ2n) is 5.76. The van der Waals surface area contributed by atoms with E-state index in [0.717, 1.165) is 24.1 Å². The molecule has 2 heterocycles. The first-order valence-electron chi connectivity index (χ1n) is 7.64. The summed E-state index contributed by atoms with van der Waals surface area (Å²) in [6.07, 6.45) is 5.50. The van der Waals surface area contributed by atoms with Crippen LogP contribution in [0.2, 0.25) is 0 Å². The SMILES string of the molecule is COC(=O)c1c[nH]c(=O)c(NC(=O)[C@H]2CCCc3nn(C)cc32)c1. The third-order valence-corrected chi connectivity index (χ3v) is 4.12. The lowest BCUT2D eigenvalue weighted by Gasteiger charge is -2.20. The Hall–Kier alpha value is -2.90. The van der Waals surface area contributed by atoms with Gasteiger partial charge in [0.05, 0.1) is 24.3 Å². The molecular formula is C16H18N4O4. The Bertz CT molecular complexity index is 852. The molecule has 2 N–H and O–H groups in total. The number of aromatic amines is 1. The summed E-state index contributed by atoms with van der Waals surface area (Å²) >= 11 is 0. The van der Waals surface area contributed by atoms with Crippen molar-refractivity contribution in [1.29, 1.82) is 0 Å². The fraction of sp³-hybridized carbons (Fsp3) is 0.375. The van der Waals surface area contributed by atoms with Gasteiger partial charge in [-0.3, -0.25) is 14.3 Å². The monoisotopic (exact) mass is 330 g/mol. The van der Waals surface area contributed by atoms with Gasteiger partial charge in [-0.05, 0) is 25.3 Å². The average molecular weight is 330 g/mol. The molecule has 8 nitrogen and oxygen atoms in total. The highest BCUT2D eigenvalue weighted by atomic mass is 16.5. The van der Waals surface area contributed by atoms with Crippen LogP contribution in [0.25, 0.3) is 0 Å². The predicted molar refractivity (Wildman–Crippen MR) is 85.9 cm³/mol. The average Bonchev–Trinajstić information content (AvgIpc) is 2.96. The maximum Gasteiger partial charge on any atom is 0.339 e. The molecule has 0 bridgehead atoms. The quantitative estimate of drug-likeness (QED) is 0.815. The molecule has 0 spiro atoms. The molecule has 0 fully saturated rings. The number of amides is 1. The van der Waals surface area contributed by atoms with Crippen molar-refractivity contribution >= 4 is 17.6 Å². The zero-order chi connectivity index (χ0) is 17.3. The van der Waals surface area contributed by atoms with E-state index in [1.54, 1.807) is 4.68 Å². The number of aryl methyl sites for hydroxylation is 2. The molecule has 3 rings (SSSR count). The van der Waals surface area contributed by atoms with Gasteiger partial charge in [-0.1, -0.05) is 0 Å². The van der Waals surface area contributed by atoms with Gasteiger partial charge in [0.25, 0.3) is 5.56 Å². The first kappa shape index (κ1) is 16.0. The van der Waals surface area contributed by atoms with Crippen LogP contribution in [0.1, 0.15) is 40.4 Å². The number of esters is 1. The number of hydrogen-bond acceptors (Lipinski definition) is 5. The van der Waals surface area contributed by atoms with Crippen molar-refractivity contribution in [2.45, 2.75) is 25.2 Å². The fourth-order valence-corrected chi connectivity index (χ4v) is 2.97. The number of aromatic nitrogens is 3. The van der Waals surface area contributed by atoms with Crippen molar-refractivity contribution in [3.05, 3.63) is 45.6 Å². The molecule has 0 saturated heterocycles. The molecule has 0 saturated carbocycles. The molecule has 1 amide bonds. The van der Waals surface area contributed by atoms with Gasteiger partial charge < -0.3 is 15.0 Å². The Morgan fingerprint density at radius 2 is 2.25 bits per heavy atom. The number of nitrogens with zero attached hydrogens (tertiary/aromatic N) is 2. The first-order chi connectivity index (χ1) is 11.5. The maximum absolute atomic E-state index is 12.6. The van der Waals surface area contributed by atoms with E-state index in [0.29, 0.717) is 6.42 Å². The minimum absolute atomic E-state index is 0.0268. The third kappa shape index (κ3) is 2.94. The van der Waals surface area contributed by atoms with E-state index in [1.165, 1.54) is 19.4 Å². The van der Waals surface area contributed by atoms with Crippen LogP contribution in [0.4, 0.5) is 5.69 Å². The topological polar surface area (TPSA) is 106 Å². The van der Waals surface area contributed by atoms with Crippen molar-refractivity contribution in [3.63, 3.8) is 0 Å². The highest BCUT2D eigenvalue weighted by Crippen LogP contribution is 2.31. The number of H-pyrrole nitrogens is 1. The maximum atomic E-state index is 12.6. The van der Waals surface area contributed by atoms with Crippen LogP contribution in [0.15, 0.2) is 23.3 Å². The van der Waals surface area contributed by atoms with Gasteiger partial charge in [-0.15, -0.1) is 0 Å². The molecule has 2 aromatic rings. The van der Waals surface area contributed by atoms with E-state index >= 15 is 0 Å². The minimum Gasteiger partial charge on any atom is -0.465 e. The number of carbonyl (C=O) groups is 2. The number of anilines is 1. The normalized spacial score (nSPS) is 16.3. The van der Waals surface area contributed by atoms with Crippen molar-refractivity contribution in [3.8, 4) is 0 Å². The number of pyridine rings is 1. The zero-order valence-electron chi connectivity index (χ0n) is 13.5. The molecule has 1 aliphatic rings. The smallest absolute Gasteiger partial charge is 0.339 e. The molecule has 1 aliphatic carbocycles. The van der Waals surface area contributed by atoms with E-state index in [2.05, 4.69) is 20.1 Å². The van der Waals surface area contributed by atoms with Crippen LogP contribution in [-0.4, -0.2) is 33.8 Å². The van der Waals surface area contributed by atoms with E-state index < -0.39 is 11.5 Å². The Balaban J connectivity index is 1.86. The standard InChI is InChI=1S/C16H18N4O4/c1-20-8-11-10(4-3-5-12(11)19-20)14(21)18-13-6-9(16(23)24-2)7-17-15(13)22/h6-8,10H,3-5H2,1-2H3,(H,17,22)(H,18,21)/t10-/m0/s1. The number of ether oxygens (including phenoxy) is 1. The van der Waals surface area contributed by atoms with Gasteiger partial charge in [-0.25, -0.2) is 4.79 Å². The van der Waals surface area contributed by atoms with Gasteiger partial charge in [0.2, 0.25) is 5.91 Å². The molecule has 0 aliphatic heterocycles. The third-order valence-electron chi connectivity index (χ3n) is 4.12. The van der Waals surface area contributed by atoms with E-state index in [-0.39, 0.29) is 23.1 Å². The molecule has 24 heavy (non-hydrogen) atoms.